The number of Topliss-reactive ketones (excluding diaryl/α,β-unsaturated/α-hetero) is 1. The average molecular weight is 540 g/mol. The lowest BCUT2D eigenvalue weighted by Gasteiger charge is -2.34. The lowest BCUT2D eigenvalue weighted by atomic mass is 9.82. The van der Waals surface area contributed by atoms with Crippen molar-refractivity contribution in [2.75, 3.05) is 44.8 Å². The number of likely N-dealkylation sites (N-methyl/N-ethyl adjacent to an activating group) is 1. The quantitative estimate of drug-likeness (QED) is 0.324. The molecule has 200 valence electrons. The molecule has 1 atom stereocenters. The van der Waals surface area contributed by atoms with E-state index in [4.69, 9.17) is 4.74 Å². The summed E-state index contributed by atoms with van der Waals surface area (Å²) in [5.74, 6) is -2.98. The summed E-state index contributed by atoms with van der Waals surface area (Å²) in [5.41, 5.74) is -1.14. The second kappa shape index (κ2) is 9.64. The highest BCUT2D eigenvalue weighted by molar-refractivity contribution is 7.89. The summed E-state index contributed by atoms with van der Waals surface area (Å²) in [7, 11) is -2.24. The predicted octanol–water partition coefficient (Wildman–Crippen LogP) is 2.06. The first-order chi connectivity index (χ1) is 18.2. The molecule has 5 rings (SSSR count). The lowest BCUT2D eigenvalue weighted by molar-refractivity contribution is -0.144. The standard InChI is InChI=1S/C27H29N3O7S/c1-3-29-21-9-5-4-8-20(21)27(26(29)34)22(24(32)25(33)30(27)16-17-37-2)23(31)18-10-12-19(13-11-18)38(35,36)28-14-6-7-15-28/h4-5,8-13,31H,3,6-7,14-17H2,1-2H3/b23-22+. The number of aliphatic hydroxyl groups excluding tert-OH is 1. The number of methoxy groups -OCH3 is 1. The summed E-state index contributed by atoms with van der Waals surface area (Å²) in [6.07, 6.45) is 1.60. The Morgan fingerprint density at radius 3 is 2.32 bits per heavy atom. The van der Waals surface area contributed by atoms with Gasteiger partial charge in [0, 0.05) is 44.4 Å². The number of carbonyl (C=O) groups is 3. The minimum Gasteiger partial charge on any atom is -0.507 e. The molecular weight excluding hydrogens is 510 g/mol. The van der Waals surface area contributed by atoms with E-state index in [0.29, 0.717) is 24.3 Å². The minimum absolute atomic E-state index is 0.0531. The van der Waals surface area contributed by atoms with E-state index in [1.165, 1.54) is 45.5 Å². The second-order valence-electron chi connectivity index (χ2n) is 9.41. The number of hydrogen-bond donors (Lipinski definition) is 1. The van der Waals surface area contributed by atoms with Crippen LogP contribution in [0.1, 0.15) is 30.9 Å². The van der Waals surface area contributed by atoms with Gasteiger partial charge in [0.2, 0.25) is 10.0 Å². The second-order valence-corrected chi connectivity index (χ2v) is 11.4. The van der Waals surface area contributed by atoms with E-state index in [-0.39, 0.29) is 35.7 Å². The number of sulfonamides is 1. The lowest BCUT2D eigenvalue weighted by Crippen LogP contribution is -2.52. The highest BCUT2D eigenvalue weighted by Gasteiger charge is 2.66. The van der Waals surface area contributed by atoms with Crippen molar-refractivity contribution in [2.45, 2.75) is 30.2 Å². The Kier molecular flexibility index (Phi) is 6.62. The molecule has 2 saturated heterocycles. The van der Waals surface area contributed by atoms with Gasteiger partial charge in [0.05, 0.1) is 22.8 Å². The maximum absolute atomic E-state index is 14.1. The molecule has 2 aromatic carbocycles. The number of para-hydroxylation sites is 1. The number of benzene rings is 2. The highest BCUT2D eigenvalue weighted by Crippen LogP contribution is 2.53. The van der Waals surface area contributed by atoms with Crippen LogP contribution in [-0.4, -0.2) is 80.2 Å². The smallest absolute Gasteiger partial charge is 0.296 e. The summed E-state index contributed by atoms with van der Waals surface area (Å²) >= 11 is 0. The van der Waals surface area contributed by atoms with Crippen LogP contribution in [-0.2, 0) is 34.7 Å². The number of fused-ring (bicyclic) bond motifs is 2. The number of aliphatic hydroxyl groups is 1. The molecule has 0 radical (unpaired) electrons. The average Bonchev–Trinajstić information content (AvgIpc) is 3.61. The molecule has 10 nitrogen and oxygen atoms in total. The Balaban J connectivity index is 1.69. The van der Waals surface area contributed by atoms with Gasteiger partial charge in [-0.2, -0.15) is 4.31 Å². The molecular formula is C27H29N3O7S. The Morgan fingerprint density at radius 2 is 1.68 bits per heavy atom. The molecule has 0 aromatic heterocycles. The van der Waals surface area contributed by atoms with E-state index >= 15 is 0 Å². The number of rotatable bonds is 7. The molecule has 2 amide bonds. The molecule has 1 spiro atoms. The zero-order valence-corrected chi connectivity index (χ0v) is 22.0. The summed E-state index contributed by atoms with van der Waals surface area (Å²) in [5, 5.41) is 11.5. The van der Waals surface area contributed by atoms with Gasteiger partial charge in [-0.05, 0) is 50.1 Å². The molecule has 11 heteroatoms. The Bertz CT molecular complexity index is 1450. The van der Waals surface area contributed by atoms with Gasteiger partial charge in [-0.3, -0.25) is 14.4 Å². The fourth-order valence-electron chi connectivity index (χ4n) is 5.67. The fourth-order valence-corrected chi connectivity index (χ4v) is 7.19. The molecule has 0 saturated carbocycles. The van der Waals surface area contributed by atoms with Crippen LogP contribution in [0.3, 0.4) is 0 Å². The van der Waals surface area contributed by atoms with Crippen LogP contribution in [0.2, 0.25) is 0 Å². The number of ether oxygens (including phenoxy) is 1. The number of amides is 2. The van der Waals surface area contributed by atoms with Crippen molar-refractivity contribution in [3.8, 4) is 0 Å². The number of nitrogens with zero attached hydrogens (tertiary/aromatic N) is 3. The van der Waals surface area contributed by atoms with Crippen LogP contribution in [0.4, 0.5) is 5.69 Å². The molecule has 2 aromatic rings. The third kappa shape index (κ3) is 3.60. The summed E-state index contributed by atoms with van der Waals surface area (Å²) in [6.45, 7) is 2.99. The van der Waals surface area contributed by atoms with E-state index in [1.807, 2.05) is 0 Å². The first-order valence-corrected chi connectivity index (χ1v) is 14.0. The van der Waals surface area contributed by atoms with Crippen LogP contribution in [0.5, 0.6) is 0 Å². The van der Waals surface area contributed by atoms with Crippen LogP contribution in [0, 0.1) is 0 Å². The summed E-state index contributed by atoms with van der Waals surface area (Å²) in [4.78, 5) is 43.6. The maximum atomic E-state index is 14.1. The highest BCUT2D eigenvalue weighted by atomic mass is 32.2. The largest absolute Gasteiger partial charge is 0.507 e. The van der Waals surface area contributed by atoms with Crippen molar-refractivity contribution >= 4 is 39.1 Å². The molecule has 1 unspecified atom stereocenters. The third-order valence-electron chi connectivity index (χ3n) is 7.48. The van der Waals surface area contributed by atoms with Gasteiger partial charge in [-0.15, -0.1) is 0 Å². The van der Waals surface area contributed by atoms with Crippen LogP contribution in [0.25, 0.3) is 5.76 Å². The number of likely N-dealkylation sites (tertiary alicyclic amines) is 1. The van der Waals surface area contributed by atoms with Gasteiger partial charge < -0.3 is 19.6 Å². The molecule has 2 fully saturated rings. The normalized spacial score (nSPS) is 23.2. The van der Waals surface area contributed by atoms with Gasteiger partial charge in [0.25, 0.3) is 17.6 Å². The molecule has 3 heterocycles. The van der Waals surface area contributed by atoms with Crippen LogP contribution >= 0.6 is 0 Å². The van der Waals surface area contributed by atoms with Gasteiger partial charge in [0.15, 0.2) is 5.54 Å². The molecule has 0 bridgehead atoms. The predicted molar refractivity (Wildman–Crippen MR) is 139 cm³/mol. The number of hydrogen-bond acceptors (Lipinski definition) is 7. The number of carbonyl (C=O) groups excluding carboxylic acids is 3. The molecule has 38 heavy (non-hydrogen) atoms. The topological polar surface area (TPSA) is 125 Å². The van der Waals surface area contributed by atoms with E-state index in [0.717, 1.165) is 12.8 Å². The van der Waals surface area contributed by atoms with Gasteiger partial charge >= 0.3 is 0 Å². The SMILES string of the molecule is CCN1C(=O)C2(/C(=C(/O)c3ccc(S(=O)(=O)N4CCCC4)cc3)C(=O)C(=O)N2CCOC)c2ccccc21. The van der Waals surface area contributed by atoms with E-state index in [9.17, 15) is 27.9 Å². The third-order valence-corrected chi connectivity index (χ3v) is 9.39. The maximum Gasteiger partial charge on any atom is 0.296 e. The molecule has 0 aliphatic carbocycles. The van der Waals surface area contributed by atoms with Gasteiger partial charge in [0.1, 0.15) is 5.76 Å². The van der Waals surface area contributed by atoms with E-state index < -0.39 is 38.9 Å². The Labute approximate surface area is 221 Å². The van der Waals surface area contributed by atoms with Crippen molar-refractivity contribution in [1.82, 2.24) is 9.21 Å². The van der Waals surface area contributed by atoms with E-state index in [1.54, 1.807) is 31.2 Å². The minimum atomic E-state index is -3.69. The monoisotopic (exact) mass is 539 g/mol. The number of ketones is 1. The van der Waals surface area contributed by atoms with Crippen molar-refractivity contribution in [3.05, 3.63) is 65.2 Å². The fraction of sp³-hybridized carbons (Fsp3) is 0.370. The molecule has 3 aliphatic rings. The first-order valence-electron chi connectivity index (χ1n) is 12.5. The molecule has 3 aliphatic heterocycles. The van der Waals surface area contributed by atoms with Crippen LogP contribution in [0.15, 0.2) is 59.0 Å². The molecule has 1 N–H and O–H groups in total. The van der Waals surface area contributed by atoms with Crippen molar-refractivity contribution in [1.29, 1.82) is 0 Å². The Morgan fingerprint density at radius 1 is 1.03 bits per heavy atom. The van der Waals surface area contributed by atoms with Crippen molar-refractivity contribution in [3.63, 3.8) is 0 Å². The van der Waals surface area contributed by atoms with Gasteiger partial charge in [-0.25, -0.2) is 8.42 Å². The summed E-state index contributed by atoms with van der Waals surface area (Å²) < 4.78 is 32.5. The number of anilines is 1. The van der Waals surface area contributed by atoms with Crippen molar-refractivity contribution in [2.24, 2.45) is 0 Å². The van der Waals surface area contributed by atoms with Gasteiger partial charge in [-0.1, -0.05) is 18.2 Å². The first kappa shape index (κ1) is 26.1. The van der Waals surface area contributed by atoms with Crippen molar-refractivity contribution < 1.29 is 32.6 Å². The van der Waals surface area contributed by atoms with Crippen LogP contribution < -0.4 is 4.90 Å². The summed E-state index contributed by atoms with van der Waals surface area (Å²) in [6, 6.07) is 12.4. The van der Waals surface area contributed by atoms with E-state index in [2.05, 4.69) is 0 Å². The Hall–Kier alpha value is -3.54. The zero-order chi connectivity index (χ0) is 27.2. The zero-order valence-electron chi connectivity index (χ0n) is 21.2.